The highest BCUT2D eigenvalue weighted by Crippen LogP contribution is 2.13. The summed E-state index contributed by atoms with van der Waals surface area (Å²) in [5.41, 5.74) is 0.665. The molecule has 0 saturated carbocycles. The Morgan fingerprint density at radius 3 is 2.41 bits per heavy atom. The molecule has 1 aliphatic heterocycles. The van der Waals surface area contributed by atoms with Crippen molar-refractivity contribution < 1.29 is 29.4 Å². The first-order valence-corrected chi connectivity index (χ1v) is 10.8. The number of hydrogen-bond donors (Lipinski definition) is 6. The van der Waals surface area contributed by atoms with Crippen LogP contribution in [0.4, 0.5) is 0 Å². The van der Waals surface area contributed by atoms with Crippen molar-refractivity contribution in [2.45, 2.75) is 57.7 Å². The molecule has 0 spiro atoms. The van der Waals surface area contributed by atoms with E-state index < -0.39 is 29.9 Å². The van der Waals surface area contributed by atoms with Gasteiger partial charge in [0.1, 0.15) is 17.8 Å². The number of carbonyl (C=O) groups is 4. The fourth-order valence-electron chi connectivity index (χ4n) is 3.46. The van der Waals surface area contributed by atoms with Gasteiger partial charge in [0, 0.05) is 6.42 Å². The fraction of sp³-hybridized carbons (Fsp3) is 0.545. The Bertz CT molecular complexity index is 807. The number of carboxylic acid groups (broad SMARTS) is 1. The molecule has 6 N–H and O–H groups in total. The molecule has 3 amide bonds. The monoisotopic (exact) mass is 448 g/mol. The average Bonchev–Trinajstić information content (AvgIpc) is 3.31. The quantitative estimate of drug-likeness (QED) is 0.276. The van der Waals surface area contributed by atoms with Gasteiger partial charge in [-0.15, -0.1) is 0 Å². The molecule has 0 radical (unpaired) electrons. The number of carboxylic acids is 1. The predicted octanol–water partition coefficient (Wildman–Crippen LogP) is -0.0968. The Balaban J connectivity index is 2.05. The van der Waals surface area contributed by atoms with Gasteiger partial charge in [0.05, 0.1) is 12.6 Å². The molecule has 1 heterocycles. The van der Waals surface area contributed by atoms with E-state index in [0.29, 0.717) is 18.4 Å². The van der Waals surface area contributed by atoms with Crippen molar-refractivity contribution in [3.8, 4) is 5.75 Å². The van der Waals surface area contributed by atoms with Crippen LogP contribution < -0.4 is 21.3 Å². The number of nitrogens with one attached hydrogen (secondary N) is 4. The van der Waals surface area contributed by atoms with Gasteiger partial charge in [-0.3, -0.25) is 14.4 Å². The average molecular weight is 449 g/mol. The van der Waals surface area contributed by atoms with Gasteiger partial charge in [0.2, 0.25) is 17.7 Å². The Labute approximate surface area is 187 Å². The van der Waals surface area contributed by atoms with E-state index >= 15 is 0 Å². The molecule has 4 atom stereocenters. The van der Waals surface area contributed by atoms with Gasteiger partial charge in [-0.2, -0.15) is 0 Å². The molecule has 2 rings (SSSR count). The van der Waals surface area contributed by atoms with Crippen molar-refractivity contribution in [1.29, 1.82) is 0 Å². The van der Waals surface area contributed by atoms with E-state index in [9.17, 15) is 29.4 Å². The third-order valence-corrected chi connectivity index (χ3v) is 5.60. The van der Waals surface area contributed by atoms with E-state index in [2.05, 4.69) is 21.3 Å². The van der Waals surface area contributed by atoms with Crippen LogP contribution in [0.2, 0.25) is 0 Å². The van der Waals surface area contributed by atoms with Crippen LogP contribution in [0.5, 0.6) is 5.75 Å². The number of benzene rings is 1. The minimum atomic E-state index is -1.15. The summed E-state index contributed by atoms with van der Waals surface area (Å²) < 4.78 is 0. The van der Waals surface area contributed by atoms with Crippen molar-refractivity contribution in [3.05, 3.63) is 29.8 Å². The van der Waals surface area contributed by atoms with Gasteiger partial charge in [0.15, 0.2) is 0 Å². The minimum absolute atomic E-state index is 0.0599. The van der Waals surface area contributed by atoms with Crippen LogP contribution >= 0.6 is 0 Å². The van der Waals surface area contributed by atoms with Crippen molar-refractivity contribution in [1.82, 2.24) is 21.3 Å². The molecular weight excluding hydrogens is 416 g/mol. The topological polar surface area (TPSA) is 157 Å². The van der Waals surface area contributed by atoms with Gasteiger partial charge >= 0.3 is 5.97 Å². The number of aliphatic carboxylic acids is 1. The lowest BCUT2D eigenvalue weighted by molar-refractivity contribution is -0.143. The maximum absolute atomic E-state index is 12.9. The largest absolute Gasteiger partial charge is 0.508 e. The molecule has 1 aromatic rings. The van der Waals surface area contributed by atoms with E-state index in [1.807, 2.05) is 6.92 Å². The molecular formula is C22H32N4O6. The fourth-order valence-corrected chi connectivity index (χ4v) is 3.46. The summed E-state index contributed by atoms with van der Waals surface area (Å²) in [5.74, 6) is -2.88. The summed E-state index contributed by atoms with van der Waals surface area (Å²) in [5, 5.41) is 29.6. The van der Waals surface area contributed by atoms with Crippen LogP contribution in [-0.2, 0) is 25.6 Å². The second-order valence-corrected chi connectivity index (χ2v) is 8.07. The van der Waals surface area contributed by atoms with Crippen LogP contribution in [0.3, 0.4) is 0 Å². The summed E-state index contributed by atoms with van der Waals surface area (Å²) in [6, 6.07) is 3.66. The SMILES string of the molecule is CCC(C)C(NC(=O)C(Cc1ccc(O)cc1)NC(=O)CNC(=O)C1CCCN1)C(=O)O. The number of phenols is 1. The van der Waals surface area contributed by atoms with Crippen LogP contribution in [0.25, 0.3) is 0 Å². The highest BCUT2D eigenvalue weighted by molar-refractivity contribution is 5.92. The van der Waals surface area contributed by atoms with E-state index in [0.717, 1.165) is 13.0 Å². The van der Waals surface area contributed by atoms with Gasteiger partial charge in [-0.1, -0.05) is 32.4 Å². The zero-order valence-electron chi connectivity index (χ0n) is 18.4. The van der Waals surface area contributed by atoms with E-state index in [1.165, 1.54) is 12.1 Å². The molecule has 0 aliphatic carbocycles. The highest BCUT2D eigenvalue weighted by Gasteiger charge is 2.30. The van der Waals surface area contributed by atoms with Crippen LogP contribution in [-0.4, -0.2) is 65.1 Å². The van der Waals surface area contributed by atoms with Crippen molar-refractivity contribution in [2.75, 3.05) is 13.1 Å². The van der Waals surface area contributed by atoms with Gasteiger partial charge in [0.25, 0.3) is 0 Å². The molecule has 1 aromatic carbocycles. The lowest BCUT2D eigenvalue weighted by atomic mass is 9.98. The van der Waals surface area contributed by atoms with Gasteiger partial charge in [-0.25, -0.2) is 4.79 Å². The van der Waals surface area contributed by atoms with Gasteiger partial charge < -0.3 is 31.5 Å². The second kappa shape index (κ2) is 12.0. The zero-order chi connectivity index (χ0) is 23.7. The first-order chi connectivity index (χ1) is 15.2. The molecule has 10 heteroatoms. The number of aromatic hydroxyl groups is 1. The summed E-state index contributed by atoms with van der Waals surface area (Å²) in [4.78, 5) is 49.0. The standard InChI is InChI=1S/C22H32N4O6/c1-3-13(2)19(22(31)32)26-21(30)17(11-14-6-8-15(27)9-7-14)25-18(28)12-24-20(29)16-5-4-10-23-16/h6-9,13,16-17,19,23,27H,3-5,10-12H2,1-2H3,(H,24,29)(H,25,28)(H,26,30)(H,31,32). The molecule has 4 unspecified atom stereocenters. The third-order valence-electron chi connectivity index (χ3n) is 5.60. The maximum atomic E-state index is 12.9. The molecule has 1 fully saturated rings. The lowest BCUT2D eigenvalue weighted by Gasteiger charge is -2.24. The number of amides is 3. The Kier molecular flexibility index (Phi) is 9.45. The number of carbonyl (C=O) groups excluding carboxylic acids is 3. The number of rotatable bonds is 11. The molecule has 0 aromatic heterocycles. The molecule has 32 heavy (non-hydrogen) atoms. The summed E-state index contributed by atoms with van der Waals surface area (Å²) in [6.07, 6.45) is 2.22. The smallest absolute Gasteiger partial charge is 0.326 e. The Morgan fingerprint density at radius 2 is 1.84 bits per heavy atom. The normalized spacial score (nSPS) is 18.2. The van der Waals surface area contributed by atoms with Crippen molar-refractivity contribution in [2.24, 2.45) is 5.92 Å². The van der Waals surface area contributed by atoms with E-state index in [4.69, 9.17) is 0 Å². The van der Waals surface area contributed by atoms with Crippen molar-refractivity contribution >= 4 is 23.7 Å². The van der Waals surface area contributed by atoms with Crippen LogP contribution in [0.15, 0.2) is 24.3 Å². The highest BCUT2D eigenvalue weighted by atomic mass is 16.4. The number of phenolic OH excluding ortho intramolecular Hbond substituents is 1. The Hall–Kier alpha value is -3.14. The zero-order valence-corrected chi connectivity index (χ0v) is 18.4. The minimum Gasteiger partial charge on any atom is -0.508 e. The lowest BCUT2D eigenvalue weighted by Crippen LogP contribution is -2.55. The summed E-state index contributed by atoms with van der Waals surface area (Å²) >= 11 is 0. The van der Waals surface area contributed by atoms with E-state index in [-0.39, 0.29) is 36.6 Å². The van der Waals surface area contributed by atoms with E-state index in [1.54, 1.807) is 19.1 Å². The van der Waals surface area contributed by atoms with Gasteiger partial charge in [-0.05, 0) is 43.0 Å². The summed E-state index contributed by atoms with van der Waals surface area (Å²) in [7, 11) is 0. The number of hydrogen-bond acceptors (Lipinski definition) is 6. The third kappa shape index (κ3) is 7.52. The molecule has 176 valence electrons. The summed E-state index contributed by atoms with van der Waals surface area (Å²) in [6.45, 7) is 3.99. The van der Waals surface area contributed by atoms with Crippen LogP contribution in [0, 0.1) is 5.92 Å². The molecule has 1 saturated heterocycles. The first-order valence-electron chi connectivity index (χ1n) is 10.8. The molecule has 1 aliphatic rings. The van der Waals surface area contributed by atoms with Crippen molar-refractivity contribution in [3.63, 3.8) is 0 Å². The predicted molar refractivity (Wildman–Crippen MR) is 117 cm³/mol. The van der Waals surface area contributed by atoms with Crippen LogP contribution in [0.1, 0.15) is 38.7 Å². The Morgan fingerprint density at radius 1 is 1.16 bits per heavy atom. The molecule has 0 bridgehead atoms. The second-order valence-electron chi connectivity index (χ2n) is 8.07. The molecule has 10 nitrogen and oxygen atoms in total. The maximum Gasteiger partial charge on any atom is 0.326 e. The first kappa shape index (κ1) is 25.1.